The van der Waals surface area contributed by atoms with Crippen molar-refractivity contribution in [1.29, 1.82) is 0 Å². The average molecular weight is 597 g/mol. The van der Waals surface area contributed by atoms with E-state index in [1.54, 1.807) is 22.9 Å². The van der Waals surface area contributed by atoms with Crippen LogP contribution in [0.4, 0.5) is 13.6 Å². The Hall–Kier alpha value is -3.26. The van der Waals surface area contributed by atoms with E-state index in [-0.39, 0.29) is 24.2 Å². The van der Waals surface area contributed by atoms with Crippen LogP contribution in [0, 0.1) is 19.8 Å². The smallest absolute Gasteiger partial charge is 0.418 e. The first-order valence-electron chi connectivity index (χ1n) is 15.2. The zero-order valence-corrected chi connectivity index (χ0v) is 26.8. The third-order valence-electron chi connectivity index (χ3n) is 8.03. The third kappa shape index (κ3) is 8.22. The number of hydrogen-bond donors (Lipinski definition) is 0. The van der Waals surface area contributed by atoms with Crippen LogP contribution in [0.3, 0.4) is 0 Å². The number of nitrogens with zero attached hydrogens (tertiary/aromatic N) is 2. The van der Waals surface area contributed by atoms with Crippen molar-refractivity contribution in [2.24, 2.45) is 5.92 Å². The lowest BCUT2D eigenvalue weighted by molar-refractivity contribution is 0.00691. The Morgan fingerprint density at radius 2 is 1.60 bits per heavy atom. The first kappa shape index (κ1) is 32.6. The molecule has 0 saturated carbocycles. The molecule has 1 aliphatic rings. The number of fused-ring (bicyclic) bond motifs is 1. The maximum Gasteiger partial charge on any atom is 0.418 e. The van der Waals surface area contributed by atoms with E-state index in [9.17, 15) is 18.4 Å². The van der Waals surface area contributed by atoms with E-state index in [0.29, 0.717) is 18.7 Å². The standard InChI is InChI=1S/C35H46F2N2O4/c1-22-19-23(2)31-27(14-18-39(31)33(41)43-35(6,7)8)28(22)20-26-13-16-38(17-15-30(36)37)21-29(26)24-9-11-25(12-10-24)32(40)42-34(3,4)5/h9-12,14,18-19,26,29-30H,13,15-17,20-21H2,1-8H3/t26-,29-/m0/s1. The number of aryl methyl sites for hydroxylation is 2. The second-order valence-electron chi connectivity index (χ2n) is 13.9. The zero-order valence-electron chi connectivity index (χ0n) is 26.8. The Morgan fingerprint density at radius 3 is 2.21 bits per heavy atom. The lowest BCUT2D eigenvalue weighted by atomic mass is 9.76. The molecule has 0 unspecified atom stereocenters. The molecule has 0 spiro atoms. The number of piperidine rings is 1. The number of rotatable bonds is 7. The zero-order chi connectivity index (χ0) is 31.7. The molecule has 4 rings (SSSR count). The molecule has 1 aromatic heterocycles. The van der Waals surface area contributed by atoms with Crippen LogP contribution < -0.4 is 0 Å². The van der Waals surface area contributed by atoms with Gasteiger partial charge in [0.2, 0.25) is 6.43 Å². The Bertz CT molecular complexity index is 1450. The molecular weight excluding hydrogens is 550 g/mol. The first-order valence-corrected chi connectivity index (χ1v) is 15.2. The van der Waals surface area contributed by atoms with Crippen molar-refractivity contribution < 1.29 is 27.8 Å². The molecule has 0 amide bonds. The van der Waals surface area contributed by atoms with E-state index in [2.05, 4.69) is 17.9 Å². The van der Waals surface area contributed by atoms with Crippen molar-refractivity contribution in [2.75, 3.05) is 19.6 Å². The third-order valence-corrected chi connectivity index (χ3v) is 8.03. The molecular formula is C35H46F2N2O4. The van der Waals surface area contributed by atoms with Gasteiger partial charge < -0.3 is 14.4 Å². The summed E-state index contributed by atoms with van der Waals surface area (Å²) in [5.74, 6) is -0.0440. The molecule has 6 nitrogen and oxygen atoms in total. The first-order chi connectivity index (χ1) is 20.0. The highest BCUT2D eigenvalue weighted by Crippen LogP contribution is 2.38. The summed E-state index contributed by atoms with van der Waals surface area (Å²) in [7, 11) is 0. The van der Waals surface area contributed by atoms with Crippen LogP contribution in [-0.2, 0) is 15.9 Å². The molecule has 1 fully saturated rings. The molecule has 1 aliphatic heterocycles. The number of alkyl halides is 2. The van der Waals surface area contributed by atoms with Gasteiger partial charge in [-0.15, -0.1) is 0 Å². The van der Waals surface area contributed by atoms with Gasteiger partial charge in [0.1, 0.15) is 11.2 Å². The Balaban J connectivity index is 1.66. The second kappa shape index (κ2) is 12.8. The lowest BCUT2D eigenvalue weighted by Gasteiger charge is -2.39. The van der Waals surface area contributed by atoms with Crippen molar-refractivity contribution in [3.8, 4) is 0 Å². The minimum absolute atomic E-state index is 0.0859. The minimum atomic E-state index is -2.33. The molecule has 0 N–H and O–H groups in total. The molecule has 2 atom stereocenters. The number of hydrogen-bond acceptors (Lipinski definition) is 5. The molecule has 2 aromatic carbocycles. The van der Waals surface area contributed by atoms with E-state index in [0.717, 1.165) is 47.0 Å². The van der Waals surface area contributed by atoms with Gasteiger partial charge in [-0.3, -0.25) is 4.57 Å². The van der Waals surface area contributed by atoms with Crippen LogP contribution >= 0.6 is 0 Å². The summed E-state index contributed by atoms with van der Waals surface area (Å²) in [5.41, 5.74) is 4.56. The van der Waals surface area contributed by atoms with Gasteiger partial charge in [0.05, 0.1) is 11.1 Å². The van der Waals surface area contributed by atoms with Crippen LogP contribution in [0.15, 0.2) is 42.6 Å². The molecule has 8 heteroatoms. The predicted molar refractivity (Wildman–Crippen MR) is 166 cm³/mol. The number of likely N-dealkylation sites (tertiary alicyclic amines) is 1. The number of halogens is 2. The Labute approximate surface area is 254 Å². The van der Waals surface area contributed by atoms with Gasteiger partial charge in [0.25, 0.3) is 0 Å². The number of carbonyl (C=O) groups excluding carboxylic acids is 2. The SMILES string of the molecule is Cc1cc(C)c2c(ccn2C(=O)OC(C)(C)C)c1C[C@@H]1CCN(CCC(F)F)C[C@H]1c1ccc(C(=O)OC(C)(C)C)cc1. The monoisotopic (exact) mass is 596 g/mol. The number of aromatic nitrogens is 1. The van der Waals surface area contributed by atoms with E-state index in [4.69, 9.17) is 9.47 Å². The normalized spacial score (nSPS) is 18.3. The fourth-order valence-electron chi connectivity index (χ4n) is 6.14. The lowest BCUT2D eigenvalue weighted by Crippen LogP contribution is -2.41. The van der Waals surface area contributed by atoms with Crippen molar-refractivity contribution in [3.05, 3.63) is 70.4 Å². The molecule has 234 valence electrons. The number of esters is 1. The quantitative estimate of drug-likeness (QED) is 0.257. The van der Waals surface area contributed by atoms with Crippen molar-refractivity contribution in [1.82, 2.24) is 9.47 Å². The predicted octanol–water partition coefficient (Wildman–Crippen LogP) is 8.30. The van der Waals surface area contributed by atoms with Gasteiger partial charge in [0.15, 0.2) is 0 Å². The summed E-state index contributed by atoms with van der Waals surface area (Å²) < 4.78 is 39.0. The topological polar surface area (TPSA) is 60.8 Å². The molecule has 43 heavy (non-hydrogen) atoms. The molecule has 0 bridgehead atoms. The van der Waals surface area contributed by atoms with Crippen LogP contribution in [0.2, 0.25) is 0 Å². The molecule has 1 saturated heterocycles. The van der Waals surface area contributed by atoms with Crippen LogP contribution in [-0.4, -0.2) is 58.8 Å². The highest BCUT2D eigenvalue weighted by molar-refractivity contribution is 5.94. The number of benzene rings is 2. The van der Waals surface area contributed by atoms with Gasteiger partial charge in [0, 0.05) is 31.1 Å². The van der Waals surface area contributed by atoms with E-state index < -0.39 is 23.7 Å². The van der Waals surface area contributed by atoms with Gasteiger partial charge in [-0.2, -0.15) is 0 Å². The van der Waals surface area contributed by atoms with Crippen molar-refractivity contribution in [2.45, 2.75) is 98.2 Å². The fraction of sp³-hybridized carbons (Fsp3) is 0.543. The second-order valence-corrected chi connectivity index (χ2v) is 13.9. The van der Waals surface area contributed by atoms with Gasteiger partial charge in [-0.1, -0.05) is 18.2 Å². The van der Waals surface area contributed by atoms with Crippen LogP contribution in [0.25, 0.3) is 10.9 Å². The minimum Gasteiger partial charge on any atom is -0.456 e. The molecule has 0 aliphatic carbocycles. The number of ether oxygens (including phenoxy) is 2. The summed E-state index contributed by atoms with van der Waals surface area (Å²) >= 11 is 0. The van der Waals surface area contributed by atoms with Crippen molar-refractivity contribution >= 4 is 23.0 Å². The van der Waals surface area contributed by atoms with E-state index in [1.165, 1.54) is 5.56 Å². The maximum absolute atomic E-state index is 13.1. The van der Waals surface area contributed by atoms with Gasteiger partial charge in [-0.25, -0.2) is 18.4 Å². The fourth-order valence-corrected chi connectivity index (χ4v) is 6.14. The summed E-state index contributed by atoms with van der Waals surface area (Å²) in [6, 6.07) is 11.7. The average Bonchev–Trinajstić information content (AvgIpc) is 3.34. The summed E-state index contributed by atoms with van der Waals surface area (Å²) in [6.07, 6.45) is 0.530. The van der Waals surface area contributed by atoms with Crippen molar-refractivity contribution in [3.63, 3.8) is 0 Å². The highest BCUT2D eigenvalue weighted by atomic mass is 19.3. The highest BCUT2D eigenvalue weighted by Gasteiger charge is 2.32. The van der Waals surface area contributed by atoms with Crippen LogP contribution in [0.1, 0.15) is 92.9 Å². The maximum atomic E-state index is 13.1. The molecule has 0 radical (unpaired) electrons. The van der Waals surface area contributed by atoms with E-state index in [1.807, 2.05) is 66.7 Å². The van der Waals surface area contributed by atoms with Crippen LogP contribution in [0.5, 0.6) is 0 Å². The Kier molecular flexibility index (Phi) is 9.69. The summed E-state index contributed by atoms with van der Waals surface area (Å²) in [4.78, 5) is 27.8. The summed E-state index contributed by atoms with van der Waals surface area (Å²) in [6.45, 7) is 17.0. The largest absolute Gasteiger partial charge is 0.456 e. The molecule has 3 aromatic rings. The summed E-state index contributed by atoms with van der Waals surface area (Å²) in [5, 5.41) is 1.03. The van der Waals surface area contributed by atoms with Gasteiger partial charge in [-0.05, 0) is 127 Å². The van der Waals surface area contributed by atoms with E-state index >= 15 is 0 Å². The molecule has 2 heterocycles. The number of carbonyl (C=O) groups is 2. The Morgan fingerprint density at radius 1 is 0.953 bits per heavy atom. The van der Waals surface area contributed by atoms with Gasteiger partial charge >= 0.3 is 12.1 Å².